The zero-order chi connectivity index (χ0) is 21.7. The van der Waals surface area contributed by atoms with Crippen molar-refractivity contribution in [3.8, 4) is 0 Å². The zero-order valence-corrected chi connectivity index (χ0v) is 17.1. The van der Waals surface area contributed by atoms with Gasteiger partial charge in [0.05, 0.1) is 6.54 Å². The standard InChI is InChI=1S/C20H20F2N4O.C2H6/c1-12-10-26(19(24)14-6-4-3-5-7-14)17(23)11-25(12)20(27)15-8-9-16(21)18(22)13(15)2;1-2/h3-9,12,23-24H,10-11H2,1-2H3;1-2H3. The summed E-state index contributed by atoms with van der Waals surface area (Å²) in [7, 11) is 0. The van der Waals surface area contributed by atoms with Gasteiger partial charge in [0.1, 0.15) is 11.7 Å². The van der Waals surface area contributed by atoms with Crippen LogP contribution in [0.2, 0.25) is 0 Å². The summed E-state index contributed by atoms with van der Waals surface area (Å²) in [6.45, 7) is 7.45. The number of carbonyl (C=O) groups excluding carboxylic acids is 1. The lowest BCUT2D eigenvalue weighted by molar-refractivity contribution is 0.0681. The number of amides is 1. The Morgan fingerprint density at radius 1 is 1.10 bits per heavy atom. The molecule has 0 radical (unpaired) electrons. The Morgan fingerprint density at radius 2 is 1.72 bits per heavy atom. The predicted octanol–water partition coefficient (Wildman–Crippen LogP) is 4.45. The fraction of sp³-hybridized carbons (Fsp3) is 0.318. The molecule has 0 spiro atoms. The van der Waals surface area contributed by atoms with Crippen LogP contribution in [0.25, 0.3) is 0 Å². The molecular formula is C22H26F2N4O. The summed E-state index contributed by atoms with van der Waals surface area (Å²) in [5.74, 6) is -2.17. The second-order valence-corrected chi connectivity index (χ2v) is 6.59. The van der Waals surface area contributed by atoms with Crippen LogP contribution in [0.15, 0.2) is 42.5 Å². The highest BCUT2D eigenvalue weighted by Crippen LogP contribution is 2.21. The van der Waals surface area contributed by atoms with Crippen molar-refractivity contribution in [1.29, 1.82) is 10.8 Å². The van der Waals surface area contributed by atoms with Crippen LogP contribution in [0.3, 0.4) is 0 Å². The van der Waals surface area contributed by atoms with Crippen LogP contribution in [0, 0.1) is 29.4 Å². The van der Waals surface area contributed by atoms with Crippen molar-refractivity contribution < 1.29 is 13.6 Å². The maximum Gasteiger partial charge on any atom is 0.254 e. The Hall–Kier alpha value is -3.09. The smallest absolute Gasteiger partial charge is 0.254 e. The molecule has 1 amide bonds. The van der Waals surface area contributed by atoms with Gasteiger partial charge >= 0.3 is 0 Å². The van der Waals surface area contributed by atoms with Gasteiger partial charge in [-0.25, -0.2) is 8.78 Å². The third kappa shape index (κ3) is 4.50. The molecule has 0 aliphatic carbocycles. The largest absolute Gasteiger partial charge is 0.327 e. The van der Waals surface area contributed by atoms with Crippen LogP contribution in [0.1, 0.15) is 42.3 Å². The molecule has 1 atom stereocenters. The van der Waals surface area contributed by atoms with E-state index in [2.05, 4.69) is 0 Å². The molecule has 29 heavy (non-hydrogen) atoms. The normalized spacial score (nSPS) is 16.2. The second kappa shape index (κ2) is 9.41. The molecule has 3 rings (SSSR count). The number of rotatable bonds is 2. The highest BCUT2D eigenvalue weighted by atomic mass is 19.2. The Bertz CT molecular complexity index is 915. The first-order chi connectivity index (χ1) is 13.8. The topological polar surface area (TPSA) is 71.2 Å². The van der Waals surface area contributed by atoms with Crippen molar-refractivity contribution in [2.75, 3.05) is 13.1 Å². The number of nitrogens with zero attached hydrogens (tertiary/aromatic N) is 2. The predicted molar refractivity (Wildman–Crippen MR) is 111 cm³/mol. The van der Waals surface area contributed by atoms with E-state index < -0.39 is 17.5 Å². The summed E-state index contributed by atoms with van der Waals surface area (Å²) < 4.78 is 27.2. The molecule has 2 N–H and O–H groups in total. The number of benzene rings is 2. The first kappa shape index (κ1) is 22.2. The molecule has 154 valence electrons. The van der Waals surface area contributed by atoms with Crippen LogP contribution >= 0.6 is 0 Å². The maximum atomic E-state index is 13.8. The molecule has 1 aliphatic heterocycles. The Morgan fingerprint density at radius 3 is 2.34 bits per heavy atom. The summed E-state index contributed by atoms with van der Waals surface area (Å²) in [5, 5.41) is 16.6. The van der Waals surface area contributed by atoms with Gasteiger partial charge in [0.25, 0.3) is 5.91 Å². The van der Waals surface area contributed by atoms with Gasteiger partial charge in [-0.1, -0.05) is 44.2 Å². The minimum Gasteiger partial charge on any atom is -0.327 e. The van der Waals surface area contributed by atoms with E-state index >= 15 is 0 Å². The summed E-state index contributed by atoms with van der Waals surface area (Å²) in [6.07, 6.45) is 0. The molecule has 1 heterocycles. The quantitative estimate of drug-likeness (QED) is 0.578. The molecule has 1 fully saturated rings. The summed E-state index contributed by atoms with van der Waals surface area (Å²) >= 11 is 0. The van der Waals surface area contributed by atoms with Crippen LogP contribution < -0.4 is 0 Å². The van der Waals surface area contributed by atoms with Crippen molar-refractivity contribution in [1.82, 2.24) is 9.80 Å². The highest BCUT2D eigenvalue weighted by molar-refractivity contribution is 6.09. The van der Waals surface area contributed by atoms with Crippen LogP contribution in [0.4, 0.5) is 8.78 Å². The number of piperazine rings is 1. The molecule has 0 bridgehead atoms. The van der Waals surface area contributed by atoms with Gasteiger partial charge in [0, 0.05) is 29.3 Å². The minimum absolute atomic E-state index is 0.00630. The fourth-order valence-electron chi connectivity index (χ4n) is 3.16. The molecule has 7 heteroatoms. The molecular weight excluding hydrogens is 374 g/mol. The third-order valence-electron chi connectivity index (χ3n) is 4.77. The van der Waals surface area contributed by atoms with Crippen LogP contribution in [-0.2, 0) is 0 Å². The molecule has 1 unspecified atom stereocenters. The van der Waals surface area contributed by atoms with E-state index in [0.717, 1.165) is 6.07 Å². The molecule has 2 aromatic carbocycles. The average Bonchev–Trinajstić information content (AvgIpc) is 2.74. The number of halogens is 2. The van der Waals surface area contributed by atoms with E-state index in [4.69, 9.17) is 10.8 Å². The van der Waals surface area contributed by atoms with Gasteiger partial charge in [-0.3, -0.25) is 15.6 Å². The first-order valence-corrected chi connectivity index (χ1v) is 9.55. The number of nitrogens with one attached hydrogen (secondary N) is 2. The molecule has 2 aromatic rings. The number of hydrogen-bond acceptors (Lipinski definition) is 3. The lowest BCUT2D eigenvalue weighted by Gasteiger charge is -2.41. The average molecular weight is 400 g/mol. The van der Waals surface area contributed by atoms with E-state index in [9.17, 15) is 13.6 Å². The zero-order valence-electron chi connectivity index (χ0n) is 17.1. The summed E-state index contributed by atoms with van der Waals surface area (Å²) in [6, 6.07) is 11.0. The third-order valence-corrected chi connectivity index (χ3v) is 4.77. The summed E-state index contributed by atoms with van der Waals surface area (Å²) in [5.41, 5.74) is 0.726. The van der Waals surface area contributed by atoms with Crippen molar-refractivity contribution in [3.63, 3.8) is 0 Å². The van der Waals surface area contributed by atoms with Gasteiger partial charge in [0.2, 0.25) is 0 Å². The Labute approximate surface area is 170 Å². The second-order valence-electron chi connectivity index (χ2n) is 6.59. The van der Waals surface area contributed by atoms with Crippen molar-refractivity contribution >= 4 is 17.6 Å². The number of amidine groups is 2. The van der Waals surface area contributed by atoms with E-state index in [-0.39, 0.29) is 41.9 Å². The van der Waals surface area contributed by atoms with Crippen molar-refractivity contribution in [2.24, 2.45) is 0 Å². The van der Waals surface area contributed by atoms with Crippen molar-refractivity contribution in [3.05, 3.63) is 70.8 Å². The van der Waals surface area contributed by atoms with Crippen LogP contribution in [0.5, 0.6) is 0 Å². The van der Waals surface area contributed by atoms with Gasteiger partial charge in [-0.05, 0) is 26.0 Å². The van der Waals surface area contributed by atoms with E-state index in [0.29, 0.717) is 5.56 Å². The van der Waals surface area contributed by atoms with Gasteiger partial charge in [0.15, 0.2) is 11.6 Å². The monoisotopic (exact) mass is 400 g/mol. The first-order valence-electron chi connectivity index (χ1n) is 9.55. The van der Waals surface area contributed by atoms with Gasteiger partial charge in [-0.2, -0.15) is 0 Å². The molecule has 1 aliphatic rings. The van der Waals surface area contributed by atoms with E-state index in [1.807, 2.05) is 39.0 Å². The van der Waals surface area contributed by atoms with Crippen LogP contribution in [-0.4, -0.2) is 46.5 Å². The maximum absolute atomic E-state index is 13.8. The molecule has 1 saturated heterocycles. The van der Waals surface area contributed by atoms with E-state index in [1.165, 1.54) is 17.9 Å². The molecule has 0 aromatic heterocycles. The van der Waals surface area contributed by atoms with E-state index in [1.54, 1.807) is 17.0 Å². The minimum atomic E-state index is -1.03. The highest BCUT2D eigenvalue weighted by Gasteiger charge is 2.34. The lowest BCUT2D eigenvalue weighted by atomic mass is 10.0. The SMILES string of the molecule is CC.Cc1c(C(=O)N2CC(=N)N(C(=N)c3ccccc3)CC2C)ccc(F)c1F. The van der Waals surface area contributed by atoms with Gasteiger partial charge < -0.3 is 9.80 Å². The Kier molecular flexibility index (Phi) is 7.20. The number of hydrogen-bond donors (Lipinski definition) is 2. The molecule has 5 nitrogen and oxygen atoms in total. The fourth-order valence-corrected chi connectivity index (χ4v) is 3.16. The summed E-state index contributed by atoms with van der Waals surface area (Å²) in [4.78, 5) is 15.9. The molecule has 0 saturated carbocycles. The Balaban J connectivity index is 0.00000145. The number of carbonyl (C=O) groups is 1. The van der Waals surface area contributed by atoms with Crippen molar-refractivity contribution in [2.45, 2.75) is 33.7 Å². The van der Waals surface area contributed by atoms with Gasteiger partial charge in [-0.15, -0.1) is 0 Å². The lowest BCUT2D eigenvalue weighted by Crippen LogP contribution is -2.58.